The highest BCUT2D eigenvalue weighted by molar-refractivity contribution is 6.07. The van der Waals surface area contributed by atoms with E-state index in [4.69, 9.17) is 5.10 Å². The molecule has 0 fully saturated rings. The lowest BCUT2D eigenvalue weighted by Gasteiger charge is -2.30. The molecule has 134 valence electrons. The minimum Gasteiger partial charge on any atom is -0.383 e. The van der Waals surface area contributed by atoms with E-state index in [0.29, 0.717) is 0 Å². The summed E-state index contributed by atoms with van der Waals surface area (Å²) in [7, 11) is 0. The van der Waals surface area contributed by atoms with Crippen LogP contribution in [0.2, 0.25) is 0 Å². The fourth-order valence-electron chi connectivity index (χ4n) is 4.09. The third kappa shape index (κ3) is 2.74. The first-order valence-corrected chi connectivity index (χ1v) is 9.22. The third-order valence-corrected chi connectivity index (χ3v) is 5.48. The maximum absolute atomic E-state index is 12.7. The Morgan fingerprint density at radius 3 is 2.54 bits per heavy atom. The zero-order valence-corrected chi connectivity index (χ0v) is 15.4. The van der Waals surface area contributed by atoms with Crippen molar-refractivity contribution in [1.82, 2.24) is 5.01 Å². The molecule has 1 aliphatic heterocycles. The Morgan fingerprint density at radius 1 is 1.15 bits per heavy atom. The van der Waals surface area contributed by atoms with Gasteiger partial charge in [0.15, 0.2) is 0 Å². The number of amides is 1. The van der Waals surface area contributed by atoms with Gasteiger partial charge >= 0.3 is 0 Å². The first kappa shape index (κ1) is 17.0. The Labute approximate surface area is 154 Å². The van der Waals surface area contributed by atoms with Crippen molar-refractivity contribution in [3.8, 4) is 0 Å². The standard InChI is InChI=1S/C22H24N2O2/c1-13-4-8-17(9-5-13)21-18-11-10-16-7-6-14(2)12-19(16)20(18)23-24(21)22(26)15(3)25/h4-9,12,15,18,21,25H,10-11H2,1-3H3/t15-,18-,21-/m0/s1. The molecule has 1 amide bonds. The van der Waals surface area contributed by atoms with Crippen molar-refractivity contribution in [3.63, 3.8) is 0 Å². The maximum Gasteiger partial charge on any atom is 0.271 e. The number of benzene rings is 2. The number of fused-ring (bicyclic) bond motifs is 3. The monoisotopic (exact) mass is 348 g/mol. The van der Waals surface area contributed by atoms with E-state index in [1.54, 1.807) is 0 Å². The topological polar surface area (TPSA) is 52.9 Å². The molecule has 4 rings (SSSR count). The van der Waals surface area contributed by atoms with Crippen molar-refractivity contribution < 1.29 is 9.90 Å². The highest BCUT2D eigenvalue weighted by atomic mass is 16.3. The van der Waals surface area contributed by atoms with Crippen LogP contribution in [-0.2, 0) is 11.2 Å². The molecule has 0 saturated heterocycles. The average molecular weight is 348 g/mol. The number of carbonyl (C=O) groups excluding carboxylic acids is 1. The summed E-state index contributed by atoms with van der Waals surface area (Å²) in [4.78, 5) is 12.7. The quantitative estimate of drug-likeness (QED) is 0.902. The fourth-order valence-corrected chi connectivity index (χ4v) is 4.09. The van der Waals surface area contributed by atoms with Crippen LogP contribution in [0.1, 0.15) is 47.2 Å². The van der Waals surface area contributed by atoms with Crippen LogP contribution < -0.4 is 0 Å². The second-order valence-electron chi connectivity index (χ2n) is 7.51. The molecule has 0 aromatic heterocycles. The minimum atomic E-state index is -1.07. The van der Waals surface area contributed by atoms with Gasteiger partial charge in [-0.05, 0) is 50.8 Å². The van der Waals surface area contributed by atoms with Gasteiger partial charge in [0.25, 0.3) is 5.91 Å². The average Bonchev–Trinajstić information content (AvgIpc) is 3.01. The Bertz CT molecular complexity index is 884. The van der Waals surface area contributed by atoms with E-state index in [9.17, 15) is 9.90 Å². The molecule has 2 aliphatic rings. The van der Waals surface area contributed by atoms with E-state index in [0.717, 1.165) is 29.7 Å². The van der Waals surface area contributed by atoms with Gasteiger partial charge in [-0.3, -0.25) is 4.79 Å². The van der Waals surface area contributed by atoms with E-state index < -0.39 is 6.10 Å². The molecular formula is C22H24N2O2. The van der Waals surface area contributed by atoms with Crippen molar-refractivity contribution in [2.24, 2.45) is 11.0 Å². The second kappa shape index (κ2) is 6.36. The smallest absolute Gasteiger partial charge is 0.271 e. The molecule has 0 bridgehead atoms. The highest BCUT2D eigenvalue weighted by Crippen LogP contribution is 2.43. The predicted molar refractivity (Wildman–Crippen MR) is 102 cm³/mol. The van der Waals surface area contributed by atoms with E-state index in [2.05, 4.69) is 56.3 Å². The largest absolute Gasteiger partial charge is 0.383 e. The van der Waals surface area contributed by atoms with Gasteiger partial charge in [-0.15, -0.1) is 0 Å². The summed E-state index contributed by atoms with van der Waals surface area (Å²) in [6, 6.07) is 14.6. The molecule has 2 aromatic carbocycles. The number of aliphatic hydroxyl groups is 1. The predicted octanol–water partition coefficient (Wildman–Crippen LogP) is 3.53. The van der Waals surface area contributed by atoms with Crippen molar-refractivity contribution in [3.05, 3.63) is 70.3 Å². The molecular weight excluding hydrogens is 324 g/mol. The Hall–Kier alpha value is -2.46. The molecule has 0 unspecified atom stereocenters. The zero-order chi connectivity index (χ0) is 18.4. The number of hydrogen-bond acceptors (Lipinski definition) is 3. The zero-order valence-electron chi connectivity index (χ0n) is 15.4. The molecule has 0 radical (unpaired) electrons. The van der Waals surface area contributed by atoms with Gasteiger partial charge in [0.1, 0.15) is 6.10 Å². The van der Waals surface area contributed by atoms with Gasteiger partial charge in [0.05, 0.1) is 11.8 Å². The number of hydrazone groups is 1. The lowest BCUT2D eigenvalue weighted by atomic mass is 9.77. The molecule has 2 aromatic rings. The summed E-state index contributed by atoms with van der Waals surface area (Å²) >= 11 is 0. The van der Waals surface area contributed by atoms with E-state index >= 15 is 0 Å². The van der Waals surface area contributed by atoms with Gasteiger partial charge in [-0.1, -0.05) is 47.5 Å². The molecule has 3 atom stereocenters. The first-order chi connectivity index (χ1) is 12.5. The third-order valence-electron chi connectivity index (χ3n) is 5.48. The normalized spacial score (nSPS) is 22.5. The number of aliphatic hydroxyl groups excluding tert-OH is 1. The van der Waals surface area contributed by atoms with Gasteiger partial charge in [0.2, 0.25) is 0 Å². The minimum absolute atomic E-state index is 0.152. The molecule has 0 spiro atoms. The highest BCUT2D eigenvalue weighted by Gasteiger charge is 2.44. The van der Waals surface area contributed by atoms with Gasteiger partial charge in [-0.25, -0.2) is 5.01 Å². The number of hydrogen-bond donors (Lipinski definition) is 1. The molecule has 1 N–H and O–H groups in total. The summed E-state index contributed by atoms with van der Waals surface area (Å²) in [5.74, 6) is -0.179. The number of rotatable bonds is 2. The first-order valence-electron chi connectivity index (χ1n) is 9.22. The van der Waals surface area contributed by atoms with E-state index in [1.807, 2.05) is 0 Å². The summed E-state index contributed by atoms with van der Waals surface area (Å²) in [6.45, 7) is 5.64. The van der Waals surface area contributed by atoms with E-state index in [-0.39, 0.29) is 17.9 Å². The van der Waals surface area contributed by atoms with Crippen LogP contribution in [0.4, 0.5) is 0 Å². The lowest BCUT2D eigenvalue weighted by Crippen LogP contribution is -2.37. The summed E-state index contributed by atoms with van der Waals surface area (Å²) in [5.41, 5.74) is 6.88. The number of carbonyl (C=O) groups is 1. The Kier molecular flexibility index (Phi) is 4.16. The van der Waals surface area contributed by atoms with Crippen molar-refractivity contribution in [2.45, 2.75) is 45.8 Å². The van der Waals surface area contributed by atoms with Crippen LogP contribution in [0, 0.1) is 19.8 Å². The van der Waals surface area contributed by atoms with Crippen molar-refractivity contribution in [1.29, 1.82) is 0 Å². The van der Waals surface area contributed by atoms with Crippen LogP contribution in [-0.4, -0.2) is 27.8 Å². The maximum atomic E-state index is 12.7. The van der Waals surface area contributed by atoms with Crippen LogP contribution in [0.15, 0.2) is 47.6 Å². The molecule has 0 saturated carbocycles. The Morgan fingerprint density at radius 2 is 1.85 bits per heavy atom. The van der Waals surface area contributed by atoms with Crippen LogP contribution in [0.5, 0.6) is 0 Å². The van der Waals surface area contributed by atoms with Gasteiger partial charge in [-0.2, -0.15) is 5.10 Å². The fraction of sp³-hybridized carbons (Fsp3) is 0.364. The second-order valence-corrected chi connectivity index (χ2v) is 7.51. The summed E-state index contributed by atoms with van der Waals surface area (Å²) in [6.07, 6.45) is 0.875. The summed E-state index contributed by atoms with van der Waals surface area (Å²) in [5, 5.41) is 16.2. The molecule has 1 heterocycles. The van der Waals surface area contributed by atoms with Crippen molar-refractivity contribution in [2.75, 3.05) is 0 Å². The van der Waals surface area contributed by atoms with Gasteiger partial charge in [0, 0.05) is 11.5 Å². The van der Waals surface area contributed by atoms with Crippen LogP contribution in [0.3, 0.4) is 0 Å². The van der Waals surface area contributed by atoms with Gasteiger partial charge < -0.3 is 5.11 Å². The number of aryl methyl sites for hydroxylation is 3. The molecule has 4 heteroatoms. The molecule has 1 aliphatic carbocycles. The lowest BCUT2D eigenvalue weighted by molar-refractivity contribution is -0.141. The summed E-state index contributed by atoms with van der Waals surface area (Å²) < 4.78 is 0. The van der Waals surface area contributed by atoms with E-state index in [1.165, 1.54) is 28.6 Å². The van der Waals surface area contributed by atoms with Crippen LogP contribution in [0.25, 0.3) is 0 Å². The molecule has 26 heavy (non-hydrogen) atoms. The number of nitrogens with zero attached hydrogens (tertiary/aromatic N) is 2. The SMILES string of the molecule is Cc1ccc([C@H]2[C@H]3CCc4ccc(C)cc4C3=NN2C(=O)[C@H](C)O)cc1. The Balaban J connectivity index is 1.82. The van der Waals surface area contributed by atoms with Crippen molar-refractivity contribution >= 4 is 11.6 Å². The molecule has 4 nitrogen and oxygen atoms in total. The van der Waals surface area contributed by atoms with Crippen LogP contribution >= 0.6 is 0 Å².